The Morgan fingerprint density at radius 2 is 1.67 bits per heavy atom. The van der Waals surface area contributed by atoms with E-state index in [9.17, 15) is 0 Å². The fraction of sp³-hybridized carbons (Fsp3) is 0.259. The maximum atomic E-state index is 5.66. The molecule has 0 atom stereocenters. The van der Waals surface area contributed by atoms with E-state index in [0.717, 1.165) is 22.3 Å². The smallest absolute Gasteiger partial charge is 0.162 e. The van der Waals surface area contributed by atoms with Crippen molar-refractivity contribution in [2.24, 2.45) is 0 Å². The molecule has 4 aromatic rings. The highest BCUT2D eigenvalue weighted by Gasteiger charge is 2.12. The van der Waals surface area contributed by atoms with Crippen LogP contribution in [0.5, 0.6) is 11.5 Å². The largest absolute Gasteiger partial charge is 0.493 e. The van der Waals surface area contributed by atoms with Crippen molar-refractivity contribution in [3.05, 3.63) is 77.6 Å². The van der Waals surface area contributed by atoms with Crippen LogP contribution in [-0.4, -0.2) is 30.8 Å². The summed E-state index contributed by atoms with van der Waals surface area (Å²) in [6.07, 6.45) is 0. The molecule has 6 nitrogen and oxygen atoms in total. The molecule has 33 heavy (non-hydrogen) atoms. The molecular formula is C27H29N3O3. The molecule has 170 valence electrons. The third-order valence-electron chi connectivity index (χ3n) is 5.49. The zero-order valence-electron chi connectivity index (χ0n) is 19.5. The SMILES string of the molecule is CCOCc1ccccc1-c1cccc(CNc2nc(C)nc3cc(OC)c(OC)cc23)c1. The molecule has 0 saturated heterocycles. The van der Waals surface area contributed by atoms with Crippen LogP contribution in [0, 0.1) is 6.92 Å². The van der Waals surface area contributed by atoms with Gasteiger partial charge in [-0.05, 0) is 48.2 Å². The van der Waals surface area contributed by atoms with E-state index in [4.69, 9.17) is 14.2 Å². The number of anilines is 1. The Bertz CT molecular complexity index is 1260. The van der Waals surface area contributed by atoms with Crippen LogP contribution in [0.15, 0.2) is 60.7 Å². The van der Waals surface area contributed by atoms with Gasteiger partial charge in [-0.2, -0.15) is 0 Å². The number of aromatic nitrogens is 2. The third kappa shape index (κ3) is 5.07. The predicted molar refractivity (Wildman–Crippen MR) is 132 cm³/mol. The normalized spacial score (nSPS) is 10.9. The number of ether oxygens (including phenoxy) is 3. The summed E-state index contributed by atoms with van der Waals surface area (Å²) in [6, 6.07) is 20.7. The van der Waals surface area contributed by atoms with Gasteiger partial charge in [0.25, 0.3) is 0 Å². The van der Waals surface area contributed by atoms with Crippen LogP contribution in [0.1, 0.15) is 23.9 Å². The molecule has 0 saturated carbocycles. The van der Waals surface area contributed by atoms with Crippen LogP contribution in [0.4, 0.5) is 5.82 Å². The van der Waals surface area contributed by atoms with Crippen LogP contribution >= 0.6 is 0 Å². The van der Waals surface area contributed by atoms with Crippen molar-refractivity contribution in [1.82, 2.24) is 9.97 Å². The Morgan fingerprint density at radius 3 is 2.45 bits per heavy atom. The number of methoxy groups -OCH3 is 2. The van der Waals surface area contributed by atoms with Gasteiger partial charge in [-0.1, -0.05) is 42.5 Å². The van der Waals surface area contributed by atoms with Crippen LogP contribution in [0.3, 0.4) is 0 Å². The highest BCUT2D eigenvalue weighted by atomic mass is 16.5. The van der Waals surface area contributed by atoms with E-state index < -0.39 is 0 Å². The molecule has 0 bridgehead atoms. The third-order valence-corrected chi connectivity index (χ3v) is 5.49. The van der Waals surface area contributed by atoms with Gasteiger partial charge in [0.1, 0.15) is 11.6 Å². The van der Waals surface area contributed by atoms with Crippen molar-refractivity contribution < 1.29 is 14.2 Å². The highest BCUT2D eigenvalue weighted by molar-refractivity contribution is 5.91. The Balaban J connectivity index is 1.62. The zero-order valence-corrected chi connectivity index (χ0v) is 19.5. The number of benzene rings is 3. The van der Waals surface area contributed by atoms with Crippen LogP contribution in [0.2, 0.25) is 0 Å². The fourth-order valence-electron chi connectivity index (χ4n) is 3.88. The Morgan fingerprint density at radius 1 is 0.879 bits per heavy atom. The number of aryl methyl sites for hydroxylation is 1. The first kappa shape index (κ1) is 22.6. The zero-order chi connectivity index (χ0) is 23.2. The minimum Gasteiger partial charge on any atom is -0.493 e. The highest BCUT2D eigenvalue weighted by Crippen LogP contribution is 2.34. The van der Waals surface area contributed by atoms with E-state index >= 15 is 0 Å². The number of hydrogen-bond acceptors (Lipinski definition) is 6. The van der Waals surface area contributed by atoms with Gasteiger partial charge in [-0.25, -0.2) is 9.97 Å². The van der Waals surface area contributed by atoms with Gasteiger partial charge in [0.05, 0.1) is 26.3 Å². The summed E-state index contributed by atoms with van der Waals surface area (Å²) in [5.74, 6) is 2.75. The first-order chi connectivity index (χ1) is 16.1. The molecule has 0 aliphatic rings. The molecule has 0 spiro atoms. The van der Waals surface area contributed by atoms with Crippen molar-refractivity contribution in [3.8, 4) is 22.6 Å². The van der Waals surface area contributed by atoms with Crippen LogP contribution in [0.25, 0.3) is 22.0 Å². The van der Waals surface area contributed by atoms with E-state index in [1.807, 2.05) is 26.0 Å². The minimum atomic E-state index is 0.604. The number of rotatable bonds is 9. The van der Waals surface area contributed by atoms with Crippen LogP contribution < -0.4 is 14.8 Å². The molecule has 1 heterocycles. The van der Waals surface area contributed by atoms with Gasteiger partial charge in [0.15, 0.2) is 11.5 Å². The molecule has 0 aliphatic carbocycles. The summed E-state index contributed by atoms with van der Waals surface area (Å²) in [7, 11) is 3.25. The Hall–Kier alpha value is -3.64. The van der Waals surface area contributed by atoms with Gasteiger partial charge in [0.2, 0.25) is 0 Å². The van der Waals surface area contributed by atoms with Gasteiger partial charge < -0.3 is 19.5 Å². The first-order valence-electron chi connectivity index (χ1n) is 11.0. The number of nitrogens with one attached hydrogen (secondary N) is 1. The van der Waals surface area contributed by atoms with E-state index in [-0.39, 0.29) is 0 Å². The minimum absolute atomic E-state index is 0.604. The maximum Gasteiger partial charge on any atom is 0.162 e. The molecule has 1 N–H and O–H groups in total. The van der Waals surface area contributed by atoms with E-state index in [2.05, 4.69) is 63.8 Å². The van der Waals surface area contributed by atoms with Crippen LogP contribution in [-0.2, 0) is 17.9 Å². The van der Waals surface area contributed by atoms with Crippen molar-refractivity contribution in [2.75, 3.05) is 26.1 Å². The lowest BCUT2D eigenvalue weighted by Gasteiger charge is -2.14. The number of fused-ring (bicyclic) bond motifs is 1. The Kier molecular flexibility index (Phi) is 7.05. The molecule has 0 unspecified atom stereocenters. The average Bonchev–Trinajstić information content (AvgIpc) is 2.85. The standard InChI is InChI=1S/C27H29N3O3/c1-5-33-17-21-10-6-7-12-22(21)20-11-8-9-19(13-20)16-28-27-23-14-25(31-3)26(32-4)15-24(23)29-18(2)30-27/h6-15H,5,16-17H2,1-4H3,(H,28,29,30). The summed E-state index contributed by atoms with van der Waals surface area (Å²) in [5, 5.41) is 4.37. The number of nitrogens with zero attached hydrogens (tertiary/aromatic N) is 2. The summed E-state index contributed by atoms with van der Waals surface area (Å²) in [6.45, 7) is 5.83. The molecule has 6 heteroatoms. The lowest BCUT2D eigenvalue weighted by molar-refractivity contribution is 0.134. The molecule has 0 amide bonds. The second-order valence-electron chi connectivity index (χ2n) is 7.69. The quantitative estimate of drug-likeness (QED) is 0.354. The molecular weight excluding hydrogens is 414 g/mol. The van der Waals surface area contributed by atoms with Gasteiger partial charge in [-0.3, -0.25) is 0 Å². The van der Waals surface area contributed by atoms with Gasteiger partial charge in [0, 0.05) is 24.6 Å². The monoisotopic (exact) mass is 443 g/mol. The first-order valence-corrected chi connectivity index (χ1v) is 11.0. The fourth-order valence-corrected chi connectivity index (χ4v) is 3.88. The second-order valence-corrected chi connectivity index (χ2v) is 7.69. The Labute approximate surface area is 194 Å². The molecule has 0 radical (unpaired) electrons. The molecule has 0 aliphatic heterocycles. The lowest BCUT2D eigenvalue weighted by Crippen LogP contribution is -2.05. The van der Waals surface area contributed by atoms with E-state index in [0.29, 0.717) is 37.1 Å². The topological polar surface area (TPSA) is 65.5 Å². The second kappa shape index (κ2) is 10.3. The maximum absolute atomic E-state index is 5.66. The van der Waals surface area contributed by atoms with Crippen molar-refractivity contribution in [2.45, 2.75) is 27.0 Å². The number of hydrogen-bond donors (Lipinski definition) is 1. The van der Waals surface area contributed by atoms with E-state index in [1.54, 1.807) is 14.2 Å². The molecule has 3 aromatic carbocycles. The summed E-state index contributed by atoms with van der Waals surface area (Å²) >= 11 is 0. The summed E-state index contributed by atoms with van der Waals surface area (Å²) in [4.78, 5) is 9.21. The average molecular weight is 444 g/mol. The van der Waals surface area contributed by atoms with Gasteiger partial charge >= 0.3 is 0 Å². The molecule has 1 aromatic heterocycles. The summed E-state index contributed by atoms with van der Waals surface area (Å²) < 4.78 is 16.6. The molecule has 4 rings (SSSR count). The lowest BCUT2D eigenvalue weighted by atomic mass is 9.98. The van der Waals surface area contributed by atoms with Crippen molar-refractivity contribution in [1.29, 1.82) is 0 Å². The predicted octanol–water partition coefficient (Wildman–Crippen LogP) is 5.77. The van der Waals surface area contributed by atoms with Crippen molar-refractivity contribution >= 4 is 16.7 Å². The van der Waals surface area contributed by atoms with E-state index in [1.165, 1.54) is 16.7 Å². The van der Waals surface area contributed by atoms with Crippen molar-refractivity contribution in [3.63, 3.8) is 0 Å². The molecule has 0 fully saturated rings. The summed E-state index contributed by atoms with van der Waals surface area (Å²) in [5.41, 5.74) is 5.50. The van der Waals surface area contributed by atoms with Gasteiger partial charge in [-0.15, -0.1) is 0 Å².